The van der Waals surface area contributed by atoms with E-state index >= 15 is 0 Å². The zero-order valence-electron chi connectivity index (χ0n) is 14.1. The van der Waals surface area contributed by atoms with Crippen molar-refractivity contribution in [3.05, 3.63) is 29.2 Å². The molecule has 2 aromatic heterocycles. The molecule has 0 radical (unpaired) electrons. The molecule has 3 heterocycles. The molecule has 1 amide bonds. The lowest BCUT2D eigenvalue weighted by Gasteiger charge is -2.19. The van der Waals surface area contributed by atoms with Gasteiger partial charge in [-0.1, -0.05) is 24.2 Å². The fourth-order valence-electron chi connectivity index (χ4n) is 3.15. The van der Waals surface area contributed by atoms with E-state index in [-0.39, 0.29) is 24.1 Å². The van der Waals surface area contributed by atoms with Crippen molar-refractivity contribution in [2.24, 2.45) is 0 Å². The predicted octanol–water partition coefficient (Wildman–Crippen LogP) is 2.22. The maximum Gasteiger partial charge on any atom is 0.293 e. The highest BCUT2D eigenvalue weighted by Crippen LogP contribution is 2.33. The second-order valence-corrected chi connectivity index (χ2v) is 6.17. The number of carbonyl (C=O) groups excluding carboxylic acids is 1. The van der Waals surface area contributed by atoms with Gasteiger partial charge in [-0.3, -0.25) is 4.79 Å². The number of nitrogens with zero attached hydrogens (tertiary/aromatic N) is 4. The van der Waals surface area contributed by atoms with Crippen molar-refractivity contribution in [1.29, 1.82) is 0 Å². The first-order valence-electron chi connectivity index (χ1n) is 8.29. The van der Waals surface area contributed by atoms with E-state index in [1.54, 1.807) is 13.0 Å². The minimum Gasteiger partial charge on any atom is -0.391 e. The van der Waals surface area contributed by atoms with Gasteiger partial charge in [0.1, 0.15) is 6.04 Å². The van der Waals surface area contributed by atoms with Gasteiger partial charge in [-0.25, -0.2) is 0 Å². The van der Waals surface area contributed by atoms with Gasteiger partial charge in [0.15, 0.2) is 5.82 Å². The minimum atomic E-state index is -0.632. The fraction of sp³-hybridized carbons (Fsp3) is 0.625. The van der Waals surface area contributed by atoms with E-state index in [0.717, 1.165) is 18.5 Å². The van der Waals surface area contributed by atoms with E-state index in [4.69, 9.17) is 9.05 Å². The second-order valence-electron chi connectivity index (χ2n) is 6.17. The Labute approximate surface area is 139 Å². The molecular formula is C16H22N4O4. The minimum absolute atomic E-state index is 0.173. The summed E-state index contributed by atoms with van der Waals surface area (Å²) in [6.07, 6.45) is 1.60. The van der Waals surface area contributed by atoms with Gasteiger partial charge in [0.05, 0.1) is 11.8 Å². The smallest absolute Gasteiger partial charge is 0.293 e. The lowest BCUT2D eigenvalue weighted by molar-refractivity contribution is 0.0651. The number of amides is 1. The van der Waals surface area contributed by atoms with Crippen molar-refractivity contribution in [3.63, 3.8) is 0 Å². The molecule has 1 N–H and O–H groups in total. The molecule has 1 saturated heterocycles. The molecule has 1 aliphatic heterocycles. The summed E-state index contributed by atoms with van der Waals surface area (Å²) in [5, 5.41) is 17.8. The van der Waals surface area contributed by atoms with Gasteiger partial charge >= 0.3 is 0 Å². The molecule has 0 aromatic carbocycles. The summed E-state index contributed by atoms with van der Waals surface area (Å²) in [7, 11) is 0. The summed E-state index contributed by atoms with van der Waals surface area (Å²) in [6.45, 7) is 6.07. The van der Waals surface area contributed by atoms with Crippen LogP contribution in [0.3, 0.4) is 0 Å². The number of aliphatic hydroxyl groups is 1. The average Bonchev–Trinajstić information content (AvgIpc) is 3.27. The summed E-state index contributed by atoms with van der Waals surface area (Å²) >= 11 is 0. The van der Waals surface area contributed by atoms with Crippen molar-refractivity contribution >= 4 is 5.91 Å². The number of aryl methyl sites for hydroxylation is 1. The zero-order valence-corrected chi connectivity index (χ0v) is 14.1. The monoisotopic (exact) mass is 334 g/mol. The Balaban J connectivity index is 1.82. The number of aliphatic hydroxyl groups excluding tert-OH is 1. The van der Waals surface area contributed by atoms with Gasteiger partial charge in [-0.15, -0.1) is 0 Å². The Hall–Kier alpha value is -2.22. The van der Waals surface area contributed by atoms with Crippen LogP contribution in [-0.2, 0) is 0 Å². The number of carbonyl (C=O) groups is 1. The molecule has 1 fully saturated rings. The third-order valence-electron chi connectivity index (χ3n) is 4.51. The number of hydrogen-bond acceptors (Lipinski definition) is 7. The molecule has 1 aliphatic rings. The van der Waals surface area contributed by atoms with Crippen LogP contribution < -0.4 is 0 Å². The highest BCUT2D eigenvalue weighted by molar-refractivity contribution is 5.92. The van der Waals surface area contributed by atoms with Gasteiger partial charge in [0.25, 0.3) is 5.91 Å². The Kier molecular flexibility index (Phi) is 4.66. The summed E-state index contributed by atoms with van der Waals surface area (Å²) in [5.41, 5.74) is 0.785. The number of β-amino-alcohol motifs (C(OH)–C–C–N with tert-alkyl or cyclic N) is 1. The first-order chi connectivity index (χ1) is 11.5. The van der Waals surface area contributed by atoms with E-state index in [1.165, 1.54) is 4.90 Å². The van der Waals surface area contributed by atoms with E-state index in [0.29, 0.717) is 18.1 Å². The van der Waals surface area contributed by atoms with Gasteiger partial charge in [0, 0.05) is 24.9 Å². The molecule has 0 unspecified atom stereocenters. The van der Waals surface area contributed by atoms with E-state index in [2.05, 4.69) is 29.1 Å². The van der Waals surface area contributed by atoms with Crippen molar-refractivity contribution in [3.8, 4) is 0 Å². The van der Waals surface area contributed by atoms with Crippen LogP contribution in [0, 0.1) is 6.92 Å². The lowest BCUT2D eigenvalue weighted by Crippen LogP contribution is -2.31. The summed E-state index contributed by atoms with van der Waals surface area (Å²) in [4.78, 5) is 18.5. The Bertz CT molecular complexity index is 707. The molecule has 2 aromatic rings. The molecule has 0 spiro atoms. The quantitative estimate of drug-likeness (QED) is 0.893. The van der Waals surface area contributed by atoms with Crippen molar-refractivity contribution in [1.82, 2.24) is 20.2 Å². The predicted molar refractivity (Wildman–Crippen MR) is 83.3 cm³/mol. The lowest BCUT2D eigenvalue weighted by atomic mass is 9.99. The van der Waals surface area contributed by atoms with Crippen LogP contribution in [0.4, 0.5) is 0 Å². The number of rotatable bonds is 5. The third-order valence-corrected chi connectivity index (χ3v) is 4.51. The molecular weight excluding hydrogens is 312 g/mol. The summed E-state index contributed by atoms with van der Waals surface area (Å²) < 4.78 is 10.4. The Morgan fingerprint density at radius 2 is 2.12 bits per heavy atom. The summed E-state index contributed by atoms with van der Waals surface area (Å²) in [5.74, 6) is 0.949. The topological polar surface area (TPSA) is 105 Å². The Morgan fingerprint density at radius 3 is 2.75 bits per heavy atom. The average molecular weight is 334 g/mol. The third kappa shape index (κ3) is 3.06. The number of aromatic nitrogens is 3. The first-order valence-corrected chi connectivity index (χ1v) is 8.29. The normalized spacial score (nSPS) is 21.0. The van der Waals surface area contributed by atoms with Crippen LogP contribution in [0.25, 0.3) is 0 Å². The van der Waals surface area contributed by atoms with Gasteiger partial charge in [-0.05, 0) is 19.8 Å². The standard InChI is InChI=1S/C16H22N4O4/c1-4-10(5-2)12-7-14(23-19-12)16(22)20-8-11(21)6-13(20)15-17-9(3)18-24-15/h7,10-11,13,21H,4-6,8H2,1-3H3/t11-,13-/m1/s1. The van der Waals surface area contributed by atoms with E-state index in [1.807, 2.05) is 0 Å². The van der Waals surface area contributed by atoms with Crippen LogP contribution in [0.5, 0.6) is 0 Å². The largest absolute Gasteiger partial charge is 0.391 e. The van der Waals surface area contributed by atoms with Gasteiger partial charge < -0.3 is 19.1 Å². The molecule has 3 rings (SSSR count). The van der Waals surface area contributed by atoms with Crippen molar-refractivity contribution < 1.29 is 18.9 Å². The molecule has 0 aliphatic carbocycles. The van der Waals surface area contributed by atoms with Crippen LogP contribution in [0.1, 0.15) is 73.0 Å². The SMILES string of the molecule is CCC(CC)c1cc(C(=O)N2C[C@H](O)C[C@@H]2c2nc(C)no2)on1. The molecule has 8 heteroatoms. The highest BCUT2D eigenvalue weighted by Gasteiger charge is 2.40. The van der Waals surface area contributed by atoms with Gasteiger partial charge in [-0.2, -0.15) is 4.98 Å². The van der Waals surface area contributed by atoms with Gasteiger partial charge in [0.2, 0.25) is 11.7 Å². The van der Waals surface area contributed by atoms with Crippen LogP contribution in [0.15, 0.2) is 15.1 Å². The van der Waals surface area contributed by atoms with Crippen LogP contribution >= 0.6 is 0 Å². The maximum absolute atomic E-state index is 12.8. The van der Waals surface area contributed by atoms with E-state index in [9.17, 15) is 9.90 Å². The molecule has 0 saturated carbocycles. The zero-order chi connectivity index (χ0) is 17.3. The second kappa shape index (κ2) is 6.72. The maximum atomic E-state index is 12.8. The first kappa shape index (κ1) is 16.6. The fourth-order valence-corrected chi connectivity index (χ4v) is 3.15. The Morgan fingerprint density at radius 1 is 1.38 bits per heavy atom. The van der Waals surface area contributed by atoms with Crippen LogP contribution in [-0.4, -0.2) is 43.9 Å². The molecule has 130 valence electrons. The molecule has 2 atom stereocenters. The number of hydrogen-bond donors (Lipinski definition) is 1. The van der Waals surface area contributed by atoms with Crippen molar-refractivity contribution in [2.45, 2.75) is 58.1 Å². The van der Waals surface area contributed by atoms with E-state index < -0.39 is 12.1 Å². The highest BCUT2D eigenvalue weighted by atomic mass is 16.5. The molecule has 8 nitrogen and oxygen atoms in total. The van der Waals surface area contributed by atoms with Crippen molar-refractivity contribution in [2.75, 3.05) is 6.54 Å². The molecule has 24 heavy (non-hydrogen) atoms. The summed E-state index contributed by atoms with van der Waals surface area (Å²) in [6, 6.07) is 1.25. The molecule has 0 bridgehead atoms. The van der Waals surface area contributed by atoms with Crippen LogP contribution in [0.2, 0.25) is 0 Å². The number of likely N-dealkylation sites (tertiary alicyclic amines) is 1.